The summed E-state index contributed by atoms with van der Waals surface area (Å²) in [5, 5.41) is 7.28. The number of nitrogens with zero attached hydrogens (tertiary/aromatic N) is 2. The van der Waals surface area contributed by atoms with Crippen LogP contribution in [-0.4, -0.2) is 36.4 Å². The molecule has 0 saturated heterocycles. The maximum absolute atomic E-state index is 12.0. The van der Waals surface area contributed by atoms with Crippen LogP contribution in [0.1, 0.15) is 24.5 Å². The third-order valence-corrected chi connectivity index (χ3v) is 5.04. The number of ether oxygens (including phenoxy) is 2. The molecule has 1 aromatic heterocycles. The smallest absolute Gasteiger partial charge is 0.224 e. The molecule has 8 nitrogen and oxygen atoms in total. The minimum Gasteiger partial charge on any atom is -0.495 e. The van der Waals surface area contributed by atoms with Crippen molar-refractivity contribution >= 4 is 46.2 Å². The number of hydrogen-bond donors (Lipinski definition) is 2. The lowest BCUT2D eigenvalue weighted by Crippen LogP contribution is -2.12. The summed E-state index contributed by atoms with van der Waals surface area (Å²) in [6, 6.07) is 7.25. The van der Waals surface area contributed by atoms with Gasteiger partial charge in [0.2, 0.25) is 5.91 Å². The predicted octanol–water partition coefficient (Wildman–Crippen LogP) is 4.00. The molecular weight excluding hydrogens is 420 g/mol. The Labute approximate surface area is 184 Å². The largest absolute Gasteiger partial charge is 0.495 e. The van der Waals surface area contributed by atoms with Crippen molar-refractivity contribution in [2.24, 2.45) is 0 Å². The number of carbonyl (C=O) groups excluding carboxylic acids is 2. The zero-order valence-electron chi connectivity index (χ0n) is 17.5. The van der Waals surface area contributed by atoms with Crippen molar-refractivity contribution in [3.05, 3.63) is 46.7 Å². The van der Waals surface area contributed by atoms with E-state index in [-0.39, 0.29) is 12.3 Å². The second kappa shape index (κ2) is 10.1. The number of halogens is 1. The van der Waals surface area contributed by atoms with Crippen molar-refractivity contribution in [3.63, 3.8) is 0 Å². The minimum absolute atomic E-state index is 0.0834. The Kier molecular flexibility index (Phi) is 7.25. The number of amides is 1. The first-order valence-electron chi connectivity index (χ1n) is 9.66. The molecule has 0 fully saturated rings. The monoisotopic (exact) mass is 442 g/mol. The van der Waals surface area contributed by atoms with Crippen LogP contribution in [0.15, 0.2) is 30.6 Å². The van der Waals surface area contributed by atoms with Gasteiger partial charge in [-0.1, -0.05) is 24.6 Å². The van der Waals surface area contributed by atoms with Crippen LogP contribution < -0.4 is 20.1 Å². The molecule has 0 aliphatic carbocycles. The highest BCUT2D eigenvalue weighted by molar-refractivity contribution is 6.32. The molecule has 1 heterocycles. The van der Waals surface area contributed by atoms with Gasteiger partial charge >= 0.3 is 0 Å². The fourth-order valence-corrected chi connectivity index (χ4v) is 3.52. The summed E-state index contributed by atoms with van der Waals surface area (Å²) in [7, 11) is 3.05. The van der Waals surface area contributed by atoms with E-state index in [1.54, 1.807) is 26.2 Å². The Morgan fingerprint density at radius 2 is 2.00 bits per heavy atom. The van der Waals surface area contributed by atoms with Crippen LogP contribution in [0.3, 0.4) is 0 Å². The Balaban J connectivity index is 2.04. The van der Waals surface area contributed by atoms with E-state index >= 15 is 0 Å². The van der Waals surface area contributed by atoms with Crippen molar-refractivity contribution < 1.29 is 19.1 Å². The topological polar surface area (TPSA) is 102 Å². The molecular formula is C22H23ClN4O4. The van der Waals surface area contributed by atoms with Gasteiger partial charge < -0.3 is 24.9 Å². The molecule has 0 saturated carbocycles. The highest BCUT2D eigenvalue weighted by Gasteiger charge is 2.19. The fourth-order valence-electron chi connectivity index (χ4n) is 3.24. The number of hydrogen-bond acceptors (Lipinski definition) is 7. The lowest BCUT2D eigenvalue weighted by atomic mass is 10.0. The van der Waals surface area contributed by atoms with E-state index < -0.39 is 0 Å². The second-order valence-corrected chi connectivity index (χ2v) is 7.06. The van der Waals surface area contributed by atoms with E-state index in [1.165, 1.54) is 13.4 Å². The summed E-state index contributed by atoms with van der Waals surface area (Å²) >= 11 is 6.21. The molecule has 2 aromatic carbocycles. The van der Waals surface area contributed by atoms with Gasteiger partial charge in [0.1, 0.15) is 29.9 Å². The van der Waals surface area contributed by atoms with Gasteiger partial charge in [0.25, 0.3) is 0 Å². The SMILES string of the molecule is CCC(=O)Nc1cc2c(NCc3ccc(OC)c(Cl)c3)ncnc2c(CC=O)c1OC. The molecule has 3 aromatic rings. The van der Waals surface area contributed by atoms with Crippen molar-refractivity contribution in [1.29, 1.82) is 0 Å². The van der Waals surface area contributed by atoms with Gasteiger partial charge in [-0.3, -0.25) is 4.79 Å². The Hall–Kier alpha value is -3.39. The molecule has 0 atom stereocenters. The number of nitrogens with one attached hydrogen (secondary N) is 2. The normalized spacial score (nSPS) is 10.6. The lowest BCUT2D eigenvalue weighted by Gasteiger charge is -2.17. The summed E-state index contributed by atoms with van der Waals surface area (Å²) in [4.78, 5) is 32.1. The van der Waals surface area contributed by atoms with Crippen molar-refractivity contribution in [2.75, 3.05) is 24.9 Å². The number of rotatable bonds is 9. The summed E-state index contributed by atoms with van der Waals surface area (Å²) in [5.74, 6) is 1.39. The zero-order chi connectivity index (χ0) is 22.4. The van der Waals surface area contributed by atoms with Crippen LogP contribution >= 0.6 is 11.6 Å². The quantitative estimate of drug-likeness (QED) is 0.483. The number of fused-ring (bicyclic) bond motifs is 1. The van der Waals surface area contributed by atoms with E-state index in [2.05, 4.69) is 20.6 Å². The van der Waals surface area contributed by atoms with E-state index in [1.807, 2.05) is 12.1 Å². The van der Waals surface area contributed by atoms with Gasteiger partial charge in [-0.25, -0.2) is 9.97 Å². The molecule has 9 heteroatoms. The minimum atomic E-state index is -0.172. The van der Waals surface area contributed by atoms with Gasteiger partial charge in [0, 0.05) is 30.3 Å². The number of aldehydes is 1. The Morgan fingerprint density at radius 3 is 2.65 bits per heavy atom. The zero-order valence-corrected chi connectivity index (χ0v) is 18.2. The van der Waals surface area contributed by atoms with Crippen molar-refractivity contribution in [2.45, 2.75) is 26.3 Å². The van der Waals surface area contributed by atoms with Crippen molar-refractivity contribution in [3.8, 4) is 11.5 Å². The molecule has 2 N–H and O–H groups in total. The van der Waals surface area contributed by atoms with Crippen LogP contribution in [0.5, 0.6) is 11.5 Å². The maximum Gasteiger partial charge on any atom is 0.224 e. The van der Waals surface area contributed by atoms with E-state index in [0.717, 1.165) is 11.8 Å². The lowest BCUT2D eigenvalue weighted by molar-refractivity contribution is -0.115. The highest BCUT2D eigenvalue weighted by atomic mass is 35.5. The average molecular weight is 443 g/mol. The number of methoxy groups -OCH3 is 2. The highest BCUT2D eigenvalue weighted by Crippen LogP contribution is 2.37. The molecule has 0 spiro atoms. The van der Waals surface area contributed by atoms with Crippen LogP contribution in [-0.2, 0) is 22.6 Å². The Morgan fingerprint density at radius 1 is 1.19 bits per heavy atom. The van der Waals surface area contributed by atoms with Gasteiger partial charge in [-0.15, -0.1) is 0 Å². The first kappa shape index (κ1) is 22.3. The molecule has 162 valence electrons. The fraction of sp³-hybridized carbons (Fsp3) is 0.273. The van der Waals surface area contributed by atoms with E-state index in [0.29, 0.717) is 57.5 Å². The standard InChI is InChI=1S/C22H23ClN4O4/c1-4-19(29)27-17-10-15-20(14(7-8-28)21(17)31-3)25-12-26-22(15)24-11-13-5-6-18(30-2)16(23)9-13/h5-6,8-10,12H,4,7,11H2,1-3H3,(H,27,29)(H,24,25,26). The van der Waals surface area contributed by atoms with Gasteiger partial charge in [-0.2, -0.15) is 0 Å². The molecule has 0 aliphatic heterocycles. The molecule has 0 bridgehead atoms. The average Bonchev–Trinajstić information content (AvgIpc) is 2.78. The summed E-state index contributed by atoms with van der Waals surface area (Å²) in [6.07, 6.45) is 2.58. The molecule has 0 unspecified atom stereocenters. The number of carbonyl (C=O) groups is 2. The van der Waals surface area contributed by atoms with E-state index in [4.69, 9.17) is 21.1 Å². The molecule has 0 aliphatic rings. The molecule has 3 rings (SSSR count). The van der Waals surface area contributed by atoms with Gasteiger partial charge in [0.15, 0.2) is 0 Å². The summed E-state index contributed by atoms with van der Waals surface area (Å²) in [5.41, 5.74) is 2.55. The van der Waals surface area contributed by atoms with Crippen LogP contribution in [0.25, 0.3) is 10.9 Å². The number of anilines is 2. The van der Waals surface area contributed by atoms with Gasteiger partial charge in [-0.05, 0) is 23.8 Å². The first-order chi connectivity index (χ1) is 15.0. The third-order valence-electron chi connectivity index (χ3n) is 4.74. The predicted molar refractivity (Wildman–Crippen MR) is 120 cm³/mol. The van der Waals surface area contributed by atoms with Crippen molar-refractivity contribution in [1.82, 2.24) is 9.97 Å². The van der Waals surface area contributed by atoms with Crippen LogP contribution in [0.2, 0.25) is 5.02 Å². The summed E-state index contributed by atoms with van der Waals surface area (Å²) < 4.78 is 10.7. The van der Waals surface area contributed by atoms with Crippen LogP contribution in [0, 0.1) is 0 Å². The van der Waals surface area contributed by atoms with E-state index in [9.17, 15) is 9.59 Å². The first-order valence-corrected chi connectivity index (χ1v) is 10.0. The number of aromatic nitrogens is 2. The second-order valence-electron chi connectivity index (χ2n) is 6.65. The number of benzene rings is 2. The molecule has 0 radical (unpaired) electrons. The maximum atomic E-state index is 12.0. The van der Waals surface area contributed by atoms with Gasteiger partial charge in [0.05, 0.1) is 30.4 Å². The molecule has 31 heavy (non-hydrogen) atoms. The van der Waals surface area contributed by atoms with Crippen LogP contribution in [0.4, 0.5) is 11.5 Å². The molecule has 1 amide bonds. The third kappa shape index (κ3) is 4.86. The Bertz CT molecular complexity index is 1120. The summed E-state index contributed by atoms with van der Waals surface area (Å²) in [6.45, 7) is 2.20.